The van der Waals surface area contributed by atoms with E-state index in [1.807, 2.05) is 6.92 Å². The van der Waals surface area contributed by atoms with E-state index in [0.717, 1.165) is 25.9 Å². The maximum absolute atomic E-state index is 11.7. The van der Waals surface area contributed by atoms with Gasteiger partial charge in [0.1, 0.15) is 0 Å². The second kappa shape index (κ2) is 9.66. The van der Waals surface area contributed by atoms with Crippen LogP contribution in [0.15, 0.2) is 0 Å². The largest absolute Gasteiger partial charge is 0.355 e. The molecule has 124 valence electrons. The van der Waals surface area contributed by atoms with Crippen LogP contribution in [0.25, 0.3) is 0 Å². The van der Waals surface area contributed by atoms with Crippen LogP contribution in [0.4, 0.5) is 0 Å². The number of nitrogens with one attached hydrogen (secondary N) is 2. The molecule has 0 atom stereocenters. The second-order valence-electron chi connectivity index (χ2n) is 5.22. The summed E-state index contributed by atoms with van der Waals surface area (Å²) in [6.45, 7) is 5.34. The number of hydrogen-bond acceptors (Lipinski definition) is 5. The molecule has 0 aliphatic carbocycles. The first-order valence-electron chi connectivity index (χ1n) is 7.47. The summed E-state index contributed by atoms with van der Waals surface area (Å²) >= 11 is 1.72. The summed E-state index contributed by atoms with van der Waals surface area (Å²) in [5, 5.41) is 6.74. The Balaban J connectivity index is 2.10. The lowest BCUT2D eigenvalue weighted by Gasteiger charge is -2.21. The van der Waals surface area contributed by atoms with Crippen molar-refractivity contribution in [1.29, 1.82) is 0 Å². The van der Waals surface area contributed by atoms with Crippen LogP contribution in [0.2, 0.25) is 0 Å². The van der Waals surface area contributed by atoms with Crippen molar-refractivity contribution in [2.75, 3.05) is 44.7 Å². The van der Waals surface area contributed by atoms with Crippen molar-refractivity contribution in [3.63, 3.8) is 0 Å². The van der Waals surface area contributed by atoms with E-state index in [4.69, 9.17) is 0 Å². The lowest BCUT2D eigenvalue weighted by atomic mass is 10.2. The maximum Gasteiger partial charge on any atom is 0.230 e. The van der Waals surface area contributed by atoms with Crippen molar-refractivity contribution in [3.05, 3.63) is 0 Å². The number of thioether (sulfide) groups is 1. The van der Waals surface area contributed by atoms with E-state index in [2.05, 4.69) is 10.6 Å². The summed E-state index contributed by atoms with van der Waals surface area (Å²) in [6, 6.07) is 0. The molecular formula is C13H27N3O3S2. The first kappa shape index (κ1) is 18.7. The average Bonchev–Trinajstić information content (AvgIpc) is 2.45. The van der Waals surface area contributed by atoms with Gasteiger partial charge in [0.25, 0.3) is 0 Å². The Morgan fingerprint density at radius 2 is 2.05 bits per heavy atom. The van der Waals surface area contributed by atoms with Crippen molar-refractivity contribution in [1.82, 2.24) is 14.9 Å². The van der Waals surface area contributed by atoms with E-state index in [1.54, 1.807) is 11.8 Å². The van der Waals surface area contributed by atoms with Crippen LogP contribution in [0.5, 0.6) is 0 Å². The van der Waals surface area contributed by atoms with Gasteiger partial charge in [-0.2, -0.15) is 0 Å². The zero-order valence-corrected chi connectivity index (χ0v) is 14.6. The van der Waals surface area contributed by atoms with E-state index in [-0.39, 0.29) is 5.91 Å². The Morgan fingerprint density at radius 1 is 1.38 bits per heavy atom. The molecule has 8 heteroatoms. The van der Waals surface area contributed by atoms with Gasteiger partial charge in [-0.1, -0.05) is 6.92 Å². The van der Waals surface area contributed by atoms with Crippen LogP contribution in [-0.2, 0) is 14.8 Å². The Morgan fingerprint density at radius 3 is 2.62 bits per heavy atom. The maximum atomic E-state index is 11.7. The van der Waals surface area contributed by atoms with Gasteiger partial charge in [0.15, 0.2) is 0 Å². The van der Waals surface area contributed by atoms with Gasteiger partial charge in [-0.05, 0) is 32.4 Å². The molecule has 0 radical (unpaired) electrons. The minimum absolute atomic E-state index is 0.0425. The molecule has 0 aromatic rings. The van der Waals surface area contributed by atoms with E-state index in [9.17, 15) is 13.2 Å². The Hall–Kier alpha value is -0.310. The summed E-state index contributed by atoms with van der Waals surface area (Å²) in [6.07, 6.45) is 4.10. The predicted molar refractivity (Wildman–Crippen MR) is 88.1 cm³/mol. The molecule has 0 aromatic carbocycles. The molecule has 0 aromatic heterocycles. The van der Waals surface area contributed by atoms with Crippen LogP contribution in [0.3, 0.4) is 0 Å². The van der Waals surface area contributed by atoms with Crippen molar-refractivity contribution < 1.29 is 13.2 Å². The summed E-state index contributed by atoms with van der Waals surface area (Å²) in [5.41, 5.74) is 0. The molecule has 1 rings (SSSR count). The zero-order valence-electron chi connectivity index (χ0n) is 12.9. The van der Waals surface area contributed by atoms with E-state index >= 15 is 0 Å². The quantitative estimate of drug-likeness (QED) is 0.590. The Kier molecular flexibility index (Phi) is 8.62. The van der Waals surface area contributed by atoms with Crippen LogP contribution >= 0.6 is 11.8 Å². The minimum Gasteiger partial charge on any atom is -0.355 e. The first-order chi connectivity index (χ1) is 9.93. The number of nitrogens with zero attached hydrogens (tertiary/aromatic N) is 1. The molecule has 1 amide bonds. The molecule has 2 N–H and O–H groups in total. The molecule has 21 heavy (non-hydrogen) atoms. The van der Waals surface area contributed by atoms with Gasteiger partial charge in [-0.15, -0.1) is 11.8 Å². The van der Waals surface area contributed by atoms with Crippen LogP contribution in [0, 0.1) is 0 Å². The fraction of sp³-hybridized carbons (Fsp3) is 0.923. The minimum atomic E-state index is -3.13. The van der Waals surface area contributed by atoms with Crippen LogP contribution in [-0.4, -0.2) is 68.6 Å². The van der Waals surface area contributed by atoms with E-state index in [1.165, 1.54) is 10.6 Å². The smallest absolute Gasteiger partial charge is 0.230 e. The third-order valence-electron chi connectivity index (χ3n) is 3.46. The standard InChI is InChI=1S/C13H27N3O3S2/c1-3-16(21(2,18)19)10-4-7-15-13(17)11-20-12-5-8-14-9-6-12/h12,14H,3-11H2,1-2H3,(H,15,17). The molecule has 6 nitrogen and oxygen atoms in total. The highest BCUT2D eigenvalue weighted by Crippen LogP contribution is 2.19. The number of carbonyl (C=O) groups is 1. The highest BCUT2D eigenvalue weighted by atomic mass is 32.2. The molecule has 1 fully saturated rings. The lowest BCUT2D eigenvalue weighted by molar-refractivity contribution is -0.118. The van der Waals surface area contributed by atoms with Crippen molar-refractivity contribution >= 4 is 27.7 Å². The zero-order chi connectivity index (χ0) is 15.7. The van der Waals surface area contributed by atoms with Crippen LogP contribution < -0.4 is 10.6 Å². The van der Waals surface area contributed by atoms with Gasteiger partial charge in [-0.25, -0.2) is 12.7 Å². The molecule has 0 unspecified atom stereocenters. The summed E-state index contributed by atoms with van der Waals surface area (Å²) in [4.78, 5) is 11.7. The number of hydrogen-bond donors (Lipinski definition) is 2. The highest BCUT2D eigenvalue weighted by molar-refractivity contribution is 8.00. The van der Waals surface area contributed by atoms with Crippen molar-refractivity contribution in [2.24, 2.45) is 0 Å². The van der Waals surface area contributed by atoms with Gasteiger partial charge < -0.3 is 10.6 Å². The predicted octanol–water partition coefficient (Wildman–Crippen LogP) is 0.259. The molecule has 1 aliphatic rings. The molecule has 0 spiro atoms. The van der Waals surface area contributed by atoms with E-state index in [0.29, 0.717) is 37.1 Å². The van der Waals surface area contributed by atoms with Gasteiger partial charge in [0, 0.05) is 24.9 Å². The third-order valence-corrected chi connectivity index (χ3v) is 6.21. The summed E-state index contributed by atoms with van der Waals surface area (Å²) in [5.74, 6) is 0.537. The lowest BCUT2D eigenvalue weighted by Crippen LogP contribution is -2.34. The second-order valence-corrected chi connectivity index (χ2v) is 8.49. The normalized spacial score (nSPS) is 17.1. The number of sulfonamides is 1. The first-order valence-corrected chi connectivity index (χ1v) is 10.4. The summed E-state index contributed by atoms with van der Waals surface area (Å²) in [7, 11) is -3.13. The Bertz CT molecular complexity index is 409. The average molecular weight is 338 g/mol. The molecular weight excluding hydrogens is 310 g/mol. The van der Waals surface area contributed by atoms with Gasteiger partial charge in [-0.3, -0.25) is 4.79 Å². The number of rotatable bonds is 9. The molecule has 1 aliphatic heterocycles. The summed E-state index contributed by atoms with van der Waals surface area (Å²) < 4.78 is 24.2. The third kappa shape index (κ3) is 8.04. The van der Waals surface area contributed by atoms with Crippen molar-refractivity contribution in [3.8, 4) is 0 Å². The number of piperidine rings is 1. The van der Waals surface area contributed by atoms with Gasteiger partial charge in [0.05, 0.1) is 12.0 Å². The SMILES string of the molecule is CCN(CCCNC(=O)CSC1CCNCC1)S(C)(=O)=O. The van der Waals surface area contributed by atoms with Crippen LogP contribution in [0.1, 0.15) is 26.2 Å². The monoisotopic (exact) mass is 337 g/mol. The molecule has 1 saturated heterocycles. The Labute approximate surface area is 132 Å². The molecule has 1 heterocycles. The topological polar surface area (TPSA) is 78.5 Å². The van der Waals surface area contributed by atoms with E-state index < -0.39 is 10.0 Å². The molecule has 0 saturated carbocycles. The fourth-order valence-corrected chi connectivity index (χ4v) is 4.24. The number of amides is 1. The van der Waals surface area contributed by atoms with Crippen molar-refractivity contribution in [2.45, 2.75) is 31.4 Å². The highest BCUT2D eigenvalue weighted by Gasteiger charge is 2.15. The van der Waals surface area contributed by atoms with Gasteiger partial charge in [0.2, 0.25) is 15.9 Å². The molecule has 0 bridgehead atoms. The number of carbonyl (C=O) groups excluding carboxylic acids is 1. The van der Waals surface area contributed by atoms with Gasteiger partial charge >= 0.3 is 0 Å². The fourth-order valence-electron chi connectivity index (χ4n) is 2.25.